The molecule has 0 aliphatic carbocycles. The van der Waals surface area contributed by atoms with Crippen LogP contribution in [0.15, 0.2) is 12.8 Å². The Morgan fingerprint density at radius 1 is 0.500 bits per heavy atom. The van der Waals surface area contributed by atoms with Gasteiger partial charge in [0.05, 0.1) is 36.8 Å². The van der Waals surface area contributed by atoms with Crippen LogP contribution in [-0.4, -0.2) is 110 Å². The van der Waals surface area contributed by atoms with Gasteiger partial charge < -0.3 is 49.2 Å². The van der Waals surface area contributed by atoms with E-state index in [0.717, 1.165) is 6.26 Å². The van der Waals surface area contributed by atoms with Crippen LogP contribution in [0.3, 0.4) is 0 Å². The zero-order valence-corrected chi connectivity index (χ0v) is 32.0. The molecule has 0 saturated heterocycles. The third kappa shape index (κ3) is 44.9. The van der Waals surface area contributed by atoms with Gasteiger partial charge in [-0.05, 0) is 59.8 Å². The molecule has 0 aliphatic heterocycles. The summed E-state index contributed by atoms with van der Waals surface area (Å²) in [6, 6.07) is 0. The van der Waals surface area contributed by atoms with E-state index in [1.165, 1.54) is 34.6 Å². The van der Waals surface area contributed by atoms with Crippen LogP contribution in [0.5, 0.6) is 0 Å². The monoisotopic (exact) mass is 726 g/mol. The molecule has 0 spiro atoms. The van der Waals surface area contributed by atoms with Crippen LogP contribution < -0.4 is 0 Å². The first-order valence-corrected chi connectivity index (χ1v) is 16.9. The van der Waals surface area contributed by atoms with Gasteiger partial charge in [-0.15, -0.1) is 0 Å². The van der Waals surface area contributed by atoms with E-state index in [1.807, 2.05) is 13.8 Å². The quantitative estimate of drug-likeness (QED) is 0.0729. The molecule has 9 unspecified atom stereocenters. The number of carbonyl (C=O) groups excluding carboxylic acids is 5. The predicted molar refractivity (Wildman–Crippen MR) is 185 cm³/mol. The third-order valence-corrected chi connectivity index (χ3v) is 6.07. The first-order chi connectivity index (χ1) is 23.0. The van der Waals surface area contributed by atoms with Crippen molar-refractivity contribution in [1.29, 1.82) is 0 Å². The van der Waals surface area contributed by atoms with E-state index >= 15 is 0 Å². The van der Waals surface area contributed by atoms with E-state index in [0.29, 0.717) is 51.4 Å². The number of ether oxygens (including phenoxy) is 5. The Labute approximate surface area is 298 Å². The lowest BCUT2D eigenvalue weighted by Gasteiger charge is -2.24. The second-order valence-electron chi connectivity index (χ2n) is 12.0. The molecule has 9 atom stereocenters. The van der Waals surface area contributed by atoms with E-state index in [9.17, 15) is 34.2 Å². The molecule has 0 fully saturated rings. The van der Waals surface area contributed by atoms with Crippen LogP contribution in [-0.2, 0) is 47.7 Å². The van der Waals surface area contributed by atoms with Gasteiger partial charge in [-0.1, -0.05) is 20.4 Å². The van der Waals surface area contributed by atoms with Crippen molar-refractivity contribution in [2.45, 2.75) is 182 Å². The number of esters is 5. The lowest BCUT2D eigenvalue weighted by molar-refractivity contribution is -0.156. The summed E-state index contributed by atoms with van der Waals surface area (Å²) >= 11 is 0. The highest BCUT2D eigenvalue weighted by atomic mass is 16.6. The van der Waals surface area contributed by atoms with Crippen LogP contribution >= 0.6 is 0 Å². The van der Waals surface area contributed by atoms with Crippen LogP contribution in [0.1, 0.15) is 128 Å². The van der Waals surface area contributed by atoms with E-state index < -0.39 is 42.6 Å². The van der Waals surface area contributed by atoms with Crippen LogP contribution in [0.25, 0.3) is 0 Å². The van der Waals surface area contributed by atoms with Crippen molar-refractivity contribution < 1.29 is 73.2 Å². The van der Waals surface area contributed by atoms with Crippen LogP contribution in [0, 0.1) is 0 Å². The van der Waals surface area contributed by atoms with Crippen molar-refractivity contribution in [1.82, 2.24) is 0 Å². The number of aliphatic hydroxyl groups is 5. The summed E-state index contributed by atoms with van der Waals surface area (Å²) in [6.45, 7) is 20.2. The minimum Gasteiger partial charge on any atom is -0.463 e. The molecular formula is C35H66O15. The molecule has 0 amide bonds. The molecule has 15 nitrogen and oxygen atoms in total. The number of aliphatic hydroxyl groups excluding tert-OH is 5. The van der Waals surface area contributed by atoms with Crippen molar-refractivity contribution in [3.63, 3.8) is 0 Å². The molecule has 0 aromatic heterocycles. The third-order valence-electron chi connectivity index (χ3n) is 6.07. The Balaban J connectivity index is -0.000000305. The molecule has 0 heterocycles. The Hall–Kier alpha value is -3.11. The molecule has 0 bridgehead atoms. The maximum Gasteiger partial charge on any atom is 0.307 e. The highest BCUT2D eigenvalue weighted by Gasteiger charge is 2.23. The summed E-state index contributed by atoms with van der Waals surface area (Å²) in [7, 11) is 0. The topological polar surface area (TPSA) is 233 Å². The van der Waals surface area contributed by atoms with Crippen molar-refractivity contribution >= 4 is 29.8 Å². The van der Waals surface area contributed by atoms with Crippen LogP contribution in [0.2, 0.25) is 0 Å². The van der Waals surface area contributed by atoms with Crippen molar-refractivity contribution in [3.8, 4) is 0 Å². The van der Waals surface area contributed by atoms with Crippen molar-refractivity contribution in [2.24, 2.45) is 0 Å². The Morgan fingerprint density at radius 2 is 0.880 bits per heavy atom. The fourth-order valence-corrected chi connectivity index (χ4v) is 4.25. The molecule has 0 radical (unpaired) electrons. The SMILES string of the molecule is C=COC(C)=O.CC(=O)OC(C)CC(O)CC(C)O.CCC(CC(CC(C)OC(C)=O)OC(C)=O)OC(C)=O.CCC(O)CC(O)CC(C)O. The molecule has 0 rings (SSSR count). The maximum atomic E-state index is 11.1. The number of rotatable bonds is 19. The maximum absolute atomic E-state index is 11.1. The molecule has 5 N–H and O–H groups in total. The Morgan fingerprint density at radius 3 is 1.18 bits per heavy atom. The van der Waals surface area contributed by atoms with Gasteiger partial charge in [0.25, 0.3) is 0 Å². The molecule has 0 saturated carbocycles. The molecule has 50 heavy (non-hydrogen) atoms. The van der Waals surface area contributed by atoms with Gasteiger partial charge in [0.1, 0.15) is 24.4 Å². The number of hydrogen-bond donors (Lipinski definition) is 5. The second kappa shape index (κ2) is 33.1. The summed E-state index contributed by atoms with van der Waals surface area (Å²) in [4.78, 5) is 53.2. The first kappa shape index (κ1) is 53.7. The van der Waals surface area contributed by atoms with E-state index in [1.54, 1.807) is 27.7 Å². The lowest BCUT2D eigenvalue weighted by Crippen LogP contribution is -2.29. The highest BCUT2D eigenvalue weighted by molar-refractivity contribution is 5.67. The van der Waals surface area contributed by atoms with E-state index in [-0.39, 0.29) is 42.2 Å². The zero-order chi connectivity index (χ0) is 40.0. The average molecular weight is 727 g/mol. The van der Waals surface area contributed by atoms with Crippen molar-refractivity contribution in [2.75, 3.05) is 0 Å². The second-order valence-corrected chi connectivity index (χ2v) is 12.0. The number of hydrogen-bond acceptors (Lipinski definition) is 15. The summed E-state index contributed by atoms with van der Waals surface area (Å²) in [5.74, 6) is -1.85. The van der Waals surface area contributed by atoms with Crippen molar-refractivity contribution in [3.05, 3.63) is 12.8 Å². The van der Waals surface area contributed by atoms with E-state index in [4.69, 9.17) is 34.3 Å². The van der Waals surface area contributed by atoms with Crippen LogP contribution in [0.4, 0.5) is 0 Å². The van der Waals surface area contributed by atoms with Gasteiger partial charge >= 0.3 is 29.8 Å². The molecular weight excluding hydrogens is 660 g/mol. The van der Waals surface area contributed by atoms with E-state index in [2.05, 4.69) is 11.3 Å². The normalized spacial score (nSPS) is 15.6. The average Bonchev–Trinajstić information content (AvgIpc) is 2.90. The van der Waals surface area contributed by atoms with Gasteiger partial charge in [-0.3, -0.25) is 24.0 Å². The minimum absolute atomic E-state index is 0.300. The van der Waals surface area contributed by atoms with Gasteiger partial charge in [-0.2, -0.15) is 0 Å². The summed E-state index contributed by atoms with van der Waals surface area (Å²) in [5, 5.41) is 45.5. The van der Waals surface area contributed by atoms with Gasteiger partial charge in [-0.25, -0.2) is 0 Å². The molecule has 0 aliphatic rings. The largest absolute Gasteiger partial charge is 0.463 e. The van der Waals surface area contributed by atoms with Gasteiger partial charge in [0.15, 0.2) is 0 Å². The molecule has 296 valence electrons. The Bertz CT molecular complexity index is 922. The molecule has 0 aromatic rings. The highest BCUT2D eigenvalue weighted by Crippen LogP contribution is 2.17. The molecule has 15 heteroatoms. The molecule has 0 aromatic carbocycles. The standard InChI is InChI=1S/C14H24O6.C9H18O4.C8H18O3.C4H6O2/c1-6-13(19-11(4)16)8-14(20-12(5)17)7-9(2)18-10(3)15;1-6(10)4-9(12)5-7(2)13-8(3)11;1-3-7(10)5-8(11)4-6(2)9;1-3-6-4(2)5/h9,13-14H,6-8H2,1-5H3;6-7,9-10,12H,4-5H2,1-3H3;6-11H,3-5H2,1-2H3;3H,1H2,2H3. The fourth-order valence-electron chi connectivity index (χ4n) is 4.25. The predicted octanol–water partition coefficient (Wildman–Crippen LogP) is 3.42. The number of carbonyl (C=O) groups is 5. The van der Waals surface area contributed by atoms with Gasteiger partial charge in [0, 0.05) is 53.9 Å². The minimum atomic E-state index is -0.616. The fraction of sp³-hybridized carbons (Fsp3) is 0.800. The zero-order valence-electron chi connectivity index (χ0n) is 32.0. The summed E-state index contributed by atoms with van der Waals surface area (Å²) in [6.07, 6.45) is 0.424. The first-order valence-electron chi connectivity index (χ1n) is 16.9. The van der Waals surface area contributed by atoms with Gasteiger partial charge in [0.2, 0.25) is 0 Å². The lowest BCUT2D eigenvalue weighted by atomic mass is 10.0. The summed E-state index contributed by atoms with van der Waals surface area (Å²) in [5.41, 5.74) is 0. The Kier molecular flexibility index (Phi) is 35.5. The smallest absolute Gasteiger partial charge is 0.307 e. The summed E-state index contributed by atoms with van der Waals surface area (Å²) < 4.78 is 24.3.